The molecule has 1 fully saturated rings. The predicted octanol–water partition coefficient (Wildman–Crippen LogP) is 9.54. The number of aromatic nitrogens is 2. The van der Waals surface area contributed by atoms with E-state index in [4.69, 9.17) is 18.9 Å². The van der Waals surface area contributed by atoms with Gasteiger partial charge in [-0.05, 0) is 77.8 Å². The standard InChI is InChI=1S/C47H61BrN4O5Si/c1-33(2)56-27-26-52-42-21-20-35(48)28-39(42)41(44(52)40-29-36(31-49-43(40)34(3)55-9)50-22-24-51(25-23-50)45(53)54)30-47(7,8)32-57-58(46(4,5)6,37-16-12-10-13-17-37)38-18-14-11-15-19-38/h10-21,28-29,31,33-34H,22-27,30,32H2,1-9H3,(H,53,54). The fourth-order valence-corrected chi connectivity index (χ4v) is 13.6. The molecule has 1 aliphatic rings. The minimum atomic E-state index is -2.81. The van der Waals surface area contributed by atoms with E-state index in [1.54, 1.807) is 7.11 Å². The van der Waals surface area contributed by atoms with Crippen LogP contribution in [0.5, 0.6) is 0 Å². The van der Waals surface area contributed by atoms with Gasteiger partial charge in [0.25, 0.3) is 8.32 Å². The molecule has 310 valence electrons. The number of hydrogen-bond donors (Lipinski definition) is 1. The van der Waals surface area contributed by atoms with Crippen LogP contribution in [0.4, 0.5) is 10.5 Å². The number of rotatable bonds is 15. The molecule has 0 saturated carbocycles. The van der Waals surface area contributed by atoms with Crippen LogP contribution in [0.2, 0.25) is 5.04 Å². The smallest absolute Gasteiger partial charge is 0.407 e. The van der Waals surface area contributed by atoms with Crippen molar-refractivity contribution >= 4 is 57.3 Å². The molecule has 1 aliphatic heterocycles. The summed E-state index contributed by atoms with van der Waals surface area (Å²) in [4.78, 5) is 20.6. The third-order valence-electron chi connectivity index (χ3n) is 11.5. The molecule has 3 heterocycles. The maximum Gasteiger partial charge on any atom is 0.407 e. The number of halogens is 1. The van der Waals surface area contributed by atoms with Crippen LogP contribution in [0.15, 0.2) is 95.6 Å². The molecule has 1 atom stereocenters. The number of piperazine rings is 1. The van der Waals surface area contributed by atoms with Gasteiger partial charge in [0.05, 0.1) is 42.1 Å². The van der Waals surface area contributed by atoms with E-state index >= 15 is 0 Å². The quantitative estimate of drug-likeness (QED) is 0.105. The van der Waals surface area contributed by atoms with Crippen molar-refractivity contribution < 1.29 is 23.8 Å². The summed E-state index contributed by atoms with van der Waals surface area (Å²) in [5.41, 5.74) is 5.95. The van der Waals surface area contributed by atoms with Crippen molar-refractivity contribution in [3.05, 3.63) is 107 Å². The predicted molar refractivity (Wildman–Crippen MR) is 242 cm³/mol. The molecule has 6 rings (SSSR count). The summed E-state index contributed by atoms with van der Waals surface area (Å²) in [6, 6.07) is 30.5. The molecule has 11 heteroatoms. The molecular formula is C47H61BrN4O5Si. The van der Waals surface area contributed by atoms with Crippen molar-refractivity contribution in [2.45, 2.75) is 85.6 Å². The highest BCUT2D eigenvalue weighted by molar-refractivity contribution is 9.10. The molecule has 1 N–H and O–H groups in total. The Morgan fingerprint density at radius 2 is 1.52 bits per heavy atom. The number of hydrogen-bond acceptors (Lipinski definition) is 6. The van der Waals surface area contributed by atoms with Crippen LogP contribution in [-0.2, 0) is 26.9 Å². The Hall–Kier alpha value is -4.00. The first-order valence-electron chi connectivity index (χ1n) is 20.5. The van der Waals surface area contributed by atoms with Crippen molar-refractivity contribution in [1.82, 2.24) is 14.5 Å². The maximum absolute atomic E-state index is 11.8. The van der Waals surface area contributed by atoms with Gasteiger partial charge in [0, 0.05) is 67.4 Å². The van der Waals surface area contributed by atoms with Gasteiger partial charge in [-0.2, -0.15) is 0 Å². The molecule has 2 aromatic heterocycles. The highest BCUT2D eigenvalue weighted by Gasteiger charge is 2.51. The van der Waals surface area contributed by atoms with E-state index in [1.165, 1.54) is 26.2 Å². The molecule has 1 saturated heterocycles. The number of fused-ring (bicyclic) bond motifs is 1. The van der Waals surface area contributed by atoms with Crippen LogP contribution in [0.3, 0.4) is 0 Å². The zero-order valence-corrected chi connectivity index (χ0v) is 38.3. The van der Waals surface area contributed by atoms with Gasteiger partial charge in [0.1, 0.15) is 0 Å². The van der Waals surface area contributed by atoms with Crippen LogP contribution < -0.4 is 15.3 Å². The number of carbonyl (C=O) groups is 1. The number of benzene rings is 3. The monoisotopic (exact) mass is 868 g/mol. The topological polar surface area (TPSA) is 89.3 Å². The number of amides is 1. The Morgan fingerprint density at radius 1 is 0.897 bits per heavy atom. The highest BCUT2D eigenvalue weighted by atomic mass is 79.9. The lowest BCUT2D eigenvalue weighted by atomic mass is 9.84. The maximum atomic E-state index is 11.8. The zero-order chi connectivity index (χ0) is 41.8. The zero-order valence-electron chi connectivity index (χ0n) is 35.7. The van der Waals surface area contributed by atoms with E-state index in [0.29, 0.717) is 45.9 Å². The lowest BCUT2D eigenvalue weighted by molar-refractivity contribution is 0.0735. The fraction of sp³-hybridized carbons (Fsp3) is 0.447. The van der Waals surface area contributed by atoms with E-state index < -0.39 is 14.4 Å². The van der Waals surface area contributed by atoms with Crippen molar-refractivity contribution in [3.8, 4) is 11.3 Å². The number of ether oxygens (including phenoxy) is 2. The number of carboxylic acid groups (broad SMARTS) is 1. The van der Waals surface area contributed by atoms with Crippen molar-refractivity contribution in [1.29, 1.82) is 0 Å². The third kappa shape index (κ3) is 9.24. The molecule has 1 unspecified atom stereocenters. The Kier molecular flexibility index (Phi) is 13.6. The van der Waals surface area contributed by atoms with Crippen LogP contribution in [0.25, 0.3) is 22.2 Å². The molecular weight excluding hydrogens is 809 g/mol. The Labute approximate surface area is 354 Å². The summed E-state index contributed by atoms with van der Waals surface area (Å²) in [5, 5.41) is 13.2. The second-order valence-electron chi connectivity index (χ2n) is 17.6. The number of methoxy groups -OCH3 is 1. The number of pyridine rings is 1. The molecule has 3 aromatic carbocycles. The van der Waals surface area contributed by atoms with Crippen LogP contribution in [0.1, 0.15) is 72.8 Å². The van der Waals surface area contributed by atoms with Gasteiger partial charge in [0.15, 0.2) is 0 Å². The van der Waals surface area contributed by atoms with Crippen LogP contribution >= 0.6 is 15.9 Å². The molecule has 0 bridgehead atoms. The van der Waals surface area contributed by atoms with Gasteiger partial charge < -0.3 is 33.4 Å². The summed E-state index contributed by atoms with van der Waals surface area (Å²) in [6.07, 6.45) is 1.58. The second kappa shape index (κ2) is 18.1. The average Bonchev–Trinajstić information content (AvgIpc) is 3.48. The van der Waals surface area contributed by atoms with Gasteiger partial charge in [-0.3, -0.25) is 4.98 Å². The van der Waals surface area contributed by atoms with Crippen LogP contribution in [0, 0.1) is 5.41 Å². The van der Waals surface area contributed by atoms with Gasteiger partial charge in [-0.1, -0.05) is 111 Å². The summed E-state index contributed by atoms with van der Waals surface area (Å²) >= 11 is 3.83. The summed E-state index contributed by atoms with van der Waals surface area (Å²) < 4.78 is 23.2. The first kappa shape index (κ1) is 43.6. The van der Waals surface area contributed by atoms with Gasteiger partial charge >= 0.3 is 6.09 Å². The summed E-state index contributed by atoms with van der Waals surface area (Å²) in [5.74, 6) is 0. The molecule has 5 aromatic rings. The van der Waals surface area contributed by atoms with E-state index in [1.807, 2.05) is 13.1 Å². The average molecular weight is 870 g/mol. The van der Waals surface area contributed by atoms with Crippen molar-refractivity contribution in [2.75, 3.05) is 51.4 Å². The number of nitrogens with zero attached hydrogens (tertiary/aromatic N) is 4. The first-order valence-corrected chi connectivity index (χ1v) is 23.2. The van der Waals surface area contributed by atoms with E-state index in [-0.39, 0.29) is 22.7 Å². The summed E-state index contributed by atoms with van der Waals surface area (Å²) in [6.45, 7) is 21.6. The Morgan fingerprint density at radius 3 is 2.07 bits per heavy atom. The summed E-state index contributed by atoms with van der Waals surface area (Å²) in [7, 11) is -1.08. The molecule has 1 amide bonds. The van der Waals surface area contributed by atoms with E-state index in [2.05, 4.69) is 159 Å². The largest absolute Gasteiger partial charge is 0.465 e. The molecule has 0 radical (unpaired) electrons. The second-order valence-corrected chi connectivity index (χ2v) is 22.8. The lowest BCUT2D eigenvalue weighted by Crippen LogP contribution is -2.67. The van der Waals surface area contributed by atoms with Gasteiger partial charge in [-0.25, -0.2) is 4.79 Å². The molecule has 0 aliphatic carbocycles. The Balaban J connectivity index is 1.51. The lowest BCUT2D eigenvalue weighted by Gasteiger charge is -2.44. The Bertz CT molecular complexity index is 2120. The normalized spacial score (nSPS) is 14.7. The van der Waals surface area contributed by atoms with Gasteiger partial charge in [-0.15, -0.1) is 0 Å². The van der Waals surface area contributed by atoms with Crippen LogP contribution in [-0.4, -0.2) is 86.6 Å². The third-order valence-corrected chi connectivity index (χ3v) is 16.9. The molecule has 0 spiro atoms. The number of anilines is 1. The minimum Gasteiger partial charge on any atom is -0.465 e. The fourth-order valence-electron chi connectivity index (χ4n) is 8.51. The van der Waals surface area contributed by atoms with Gasteiger partial charge in [0.2, 0.25) is 0 Å². The molecule has 58 heavy (non-hydrogen) atoms. The first-order chi connectivity index (χ1) is 27.6. The van der Waals surface area contributed by atoms with E-state index in [0.717, 1.165) is 39.0 Å². The van der Waals surface area contributed by atoms with Crippen molar-refractivity contribution in [3.63, 3.8) is 0 Å². The SMILES string of the molecule is COC(C)c1ncc(N2CCN(C(=O)O)CC2)cc1-c1c(CC(C)(C)CO[Si](c2ccccc2)(c2ccccc2)C(C)(C)C)c2cc(Br)ccc2n1CCOC(C)C. The molecule has 9 nitrogen and oxygen atoms in total. The van der Waals surface area contributed by atoms with E-state index in [9.17, 15) is 9.90 Å². The van der Waals surface area contributed by atoms with Crippen molar-refractivity contribution in [2.24, 2.45) is 5.41 Å². The highest BCUT2D eigenvalue weighted by Crippen LogP contribution is 2.44. The minimum absolute atomic E-state index is 0.0926.